The van der Waals surface area contributed by atoms with Gasteiger partial charge in [0.15, 0.2) is 11.6 Å². The Morgan fingerprint density at radius 3 is 2.88 bits per heavy atom. The number of nitrogens with one attached hydrogen (secondary N) is 1. The molecule has 0 aliphatic carbocycles. The zero-order valence-electron chi connectivity index (χ0n) is 14.7. The van der Waals surface area contributed by atoms with Gasteiger partial charge in [0.05, 0.1) is 37.1 Å². The van der Waals surface area contributed by atoms with Crippen LogP contribution in [0.15, 0.2) is 55.1 Å². The van der Waals surface area contributed by atoms with Gasteiger partial charge in [0, 0.05) is 12.1 Å². The number of ether oxygens (including phenoxy) is 1. The Kier molecular flexibility index (Phi) is 4.64. The second-order valence-corrected chi connectivity index (χ2v) is 6.32. The van der Waals surface area contributed by atoms with Crippen molar-refractivity contribution in [1.82, 2.24) is 15.0 Å². The molecule has 1 N–H and O–H groups in total. The van der Waals surface area contributed by atoms with Gasteiger partial charge in [-0.1, -0.05) is 23.8 Å². The Bertz CT molecular complexity index is 884. The molecule has 132 valence electrons. The standard InChI is InChI=1S/C20H21N5O/c1-15-4-2-5-16(10-15)18-6-7-19-20(24-18)25(8-3-9-26-19)14-23-17-11-21-13-22-12-17/h2,4-7,10-13,23H,3,8-9,14H2,1H3. The molecule has 0 saturated carbocycles. The van der Waals surface area contributed by atoms with E-state index < -0.39 is 0 Å². The van der Waals surface area contributed by atoms with Crippen LogP contribution in [0.4, 0.5) is 11.5 Å². The van der Waals surface area contributed by atoms with Crippen molar-refractivity contribution in [1.29, 1.82) is 0 Å². The van der Waals surface area contributed by atoms with Crippen LogP contribution >= 0.6 is 0 Å². The third-order valence-electron chi connectivity index (χ3n) is 4.32. The average Bonchev–Trinajstić information content (AvgIpc) is 2.89. The lowest BCUT2D eigenvalue weighted by molar-refractivity contribution is 0.322. The van der Waals surface area contributed by atoms with E-state index in [0.29, 0.717) is 13.3 Å². The van der Waals surface area contributed by atoms with E-state index in [2.05, 4.69) is 51.4 Å². The molecule has 1 aliphatic rings. The second kappa shape index (κ2) is 7.39. The van der Waals surface area contributed by atoms with Gasteiger partial charge in [0.1, 0.15) is 6.33 Å². The summed E-state index contributed by atoms with van der Waals surface area (Å²) in [6, 6.07) is 12.4. The van der Waals surface area contributed by atoms with Gasteiger partial charge >= 0.3 is 0 Å². The van der Waals surface area contributed by atoms with Crippen molar-refractivity contribution in [2.75, 3.05) is 30.0 Å². The van der Waals surface area contributed by atoms with Crippen LogP contribution in [-0.4, -0.2) is 34.8 Å². The van der Waals surface area contributed by atoms with Crippen molar-refractivity contribution in [2.45, 2.75) is 13.3 Å². The number of hydrogen-bond acceptors (Lipinski definition) is 6. The van der Waals surface area contributed by atoms with E-state index in [1.165, 1.54) is 11.9 Å². The van der Waals surface area contributed by atoms with E-state index >= 15 is 0 Å². The van der Waals surface area contributed by atoms with Crippen LogP contribution in [0.3, 0.4) is 0 Å². The van der Waals surface area contributed by atoms with Crippen LogP contribution < -0.4 is 15.0 Å². The van der Waals surface area contributed by atoms with Gasteiger partial charge < -0.3 is 15.0 Å². The van der Waals surface area contributed by atoms with Crippen molar-refractivity contribution < 1.29 is 4.74 Å². The fourth-order valence-corrected chi connectivity index (χ4v) is 3.01. The van der Waals surface area contributed by atoms with Gasteiger partial charge in [-0.15, -0.1) is 0 Å². The van der Waals surface area contributed by atoms with Crippen molar-refractivity contribution >= 4 is 11.5 Å². The zero-order chi connectivity index (χ0) is 17.8. The summed E-state index contributed by atoms with van der Waals surface area (Å²) in [5.74, 6) is 1.69. The molecule has 0 atom stereocenters. The largest absolute Gasteiger partial charge is 0.490 e. The summed E-state index contributed by atoms with van der Waals surface area (Å²) in [7, 11) is 0. The van der Waals surface area contributed by atoms with Gasteiger partial charge in [0.25, 0.3) is 0 Å². The highest BCUT2D eigenvalue weighted by Crippen LogP contribution is 2.32. The Balaban J connectivity index is 1.62. The summed E-state index contributed by atoms with van der Waals surface area (Å²) >= 11 is 0. The molecule has 0 unspecified atom stereocenters. The fraction of sp³-hybridized carbons (Fsp3) is 0.250. The summed E-state index contributed by atoms with van der Waals surface area (Å²) in [6.07, 6.45) is 6.00. The molecule has 4 rings (SSSR count). The lowest BCUT2D eigenvalue weighted by Gasteiger charge is -2.24. The van der Waals surface area contributed by atoms with Gasteiger partial charge in [-0.3, -0.25) is 0 Å². The first-order chi connectivity index (χ1) is 12.8. The molecule has 0 saturated heterocycles. The van der Waals surface area contributed by atoms with E-state index in [1.807, 2.05) is 12.1 Å². The first kappa shape index (κ1) is 16.3. The molecule has 6 heteroatoms. The average molecular weight is 347 g/mol. The van der Waals surface area contributed by atoms with E-state index in [9.17, 15) is 0 Å². The van der Waals surface area contributed by atoms with Gasteiger partial charge in [-0.05, 0) is 31.5 Å². The van der Waals surface area contributed by atoms with Crippen molar-refractivity contribution in [3.63, 3.8) is 0 Å². The maximum atomic E-state index is 5.89. The Labute approximate surface area is 152 Å². The number of aromatic nitrogens is 3. The summed E-state index contributed by atoms with van der Waals surface area (Å²) in [5, 5.41) is 3.36. The zero-order valence-corrected chi connectivity index (χ0v) is 14.7. The highest BCUT2D eigenvalue weighted by Gasteiger charge is 2.19. The van der Waals surface area contributed by atoms with Gasteiger partial charge in [-0.25, -0.2) is 15.0 Å². The van der Waals surface area contributed by atoms with Crippen LogP contribution in [-0.2, 0) is 0 Å². The number of nitrogens with zero attached hydrogens (tertiary/aromatic N) is 4. The van der Waals surface area contributed by atoms with Crippen LogP contribution in [0.5, 0.6) is 5.75 Å². The summed E-state index contributed by atoms with van der Waals surface area (Å²) in [6.45, 7) is 4.28. The maximum Gasteiger partial charge on any atom is 0.173 e. The molecule has 0 amide bonds. The van der Waals surface area contributed by atoms with Crippen molar-refractivity contribution in [2.24, 2.45) is 0 Å². The van der Waals surface area contributed by atoms with Gasteiger partial charge in [0.2, 0.25) is 0 Å². The van der Waals surface area contributed by atoms with E-state index in [1.54, 1.807) is 12.4 Å². The summed E-state index contributed by atoms with van der Waals surface area (Å²) < 4.78 is 5.89. The molecule has 0 bridgehead atoms. The minimum Gasteiger partial charge on any atom is -0.490 e. The number of benzene rings is 1. The predicted molar refractivity (Wildman–Crippen MR) is 102 cm³/mol. The topological polar surface area (TPSA) is 63.2 Å². The lowest BCUT2D eigenvalue weighted by atomic mass is 10.1. The molecule has 0 spiro atoms. The minimum atomic E-state index is 0.619. The molecule has 2 aromatic heterocycles. The third-order valence-corrected chi connectivity index (χ3v) is 4.32. The molecular weight excluding hydrogens is 326 g/mol. The van der Waals surface area contributed by atoms with E-state index in [-0.39, 0.29) is 0 Å². The first-order valence-corrected chi connectivity index (χ1v) is 8.74. The SMILES string of the molecule is Cc1cccc(-c2ccc3c(n2)N(CNc2cncnc2)CCCO3)c1. The third kappa shape index (κ3) is 3.59. The van der Waals surface area contributed by atoms with Crippen LogP contribution in [0.2, 0.25) is 0 Å². The number of rotatable bonds is 4. The van der Waals surface area contributed by atoms with E-state index in [4.69, 9.17) is 9.72 Å². The van der Waals surface area contributed by atoms with Crippen molar-refractivity contribution in [3.8, 4) is 17.0 Å². The molecule has 0 radical (unpaired) electrons. The number of hydrogen-bond donors (Lipinski definition) is 1. The number of pyridine rings is 1. The van der Waals surface area contributed by atoms with E-state index in [0.717, 1.165) is 41.5 Å². The van der Waals surface area contributed by atoms with Crippen molar-refractivity contribution in [3.05, 3.63) is 60.7 Å². The molecule has 3 aromatic rings. The van der Waals surface area contributed by atoms with Crippen LogP contribution in [0.1, 0.15) is 12.0 Å². The maximum absolute atomic E-state index is 5.89. The monoisotopic (exact) mass is 347 g/mol. The molecule has 6 nitrogen and oxygen atoms in total. The normalized spacial score (nSPS) is 13.5. The fourth-order valence-electron chi connectivity index (χ4n) is 3.01. The Hall–Kier alpha value is -3.15. The molecular formula is C20H21N5O. The number of fused-ring (bicyclic) bond motifs is 1. The second-order valence-electron chi connectivity index (χ2n) is 6.32. The number of anilines is 2. The quantitative estimate of drug-likeness (QED) is 0.779. The molecule has 0 fully saturated rings. The Morgan fingerprint density at radius 1 is 1.15 bits per heavy atom. The number of aryl methyl sites for hydroxylation is 1. The highest BCUT2D eigenvalue weighted by atomic mass is 16.5. The molecule has 26 heavy (non-hydrogen) atoms. The summed E-state index contributed by atoms with van der Waals surface area (Å²) in [4.78, 5) is 15.2. The van der Waals surface area contributed by atoms with Crippen LogP contribution in [0, 0.1) is 6.92 Å². The molecule has 1 aromatic carbocycles. The minimum absolute atomic E-state index is 0.619. The lowest BCUT2D eigenvalue weighted by Crippen LogP contribution is -2.30. The highest BCUT2D eigenvalue weighted by molar-refractivity contribution is 5.66. The smallest absolute Gasteiger partial charge is 0.173 e. The summed E-state index contributed by atoms with van der Waals surface area (Å²) in [5.41, 5.74) is 4.17. The molecule has 3 heterocycles. The van der Waals surface area contributed by atoms with Gasteiger partial charge in [-0.2, -0.15) is 0 Å². The Morgan fingerprint density at radius 2 is 2.04 bits per heavy atom. The van der Waals surface area contributed by atoms with Crippen LogP contribution in [0.25, 0.3) is 11.3 Å². The molecule has 1 aliphatic heterocycles. The predicted octanol–water partition coefficient (Wildman–Crippen LogP) is 3.51. The first-order valence-electron chi connectivity index (χ1n) is 8.74.